The fourth-order valence-electron chi connectivity index (χ4n) is 3.26. The summed E-state index contributed by atoms with van der Waals surface area (Å²) in [6, 6.07) is 11.8. The van der Waals surface area contributed by atoms with Gasteiger partial charge in [0.1, 0.15) is 5.75 Å². The average molecular weight is 487 g/mol. The van der Waals surface area contributed by atoms with Gasteiger partial charge >= 0.3 is 0 Å². The van der Waals surface area contributed by atoms with E-state index in [0.29, 0.717) is 6.54 Å². The number of halogens is 2. The molecule has 1 aromatic carbocycles. The van der Waals surface area contributed by atoms with E-state index in [4.69, 9.17) is 4.74 Å². The Morgan fingerprint density at radius 2 is 1.94 bits per heavy atom. The summed E-state index contributed by atoms with van der Waals surface area (Å²) < 4.78 is 5.80. The quantitative estimate of drug-likeness (QED) is 0.423. The predicted octanol–water partition coefficient (Wildman–Crippen LogP) is 5.29. The second-order valence-corrected chi connectivity index (χ2v) is 8.48. The molecule has 2 N–H and O–H groups in total. The molecule has 2 heterocycles. The summed E-state index contributed by atoms with van der Waals surface area (Å²) in [5.41, 5.74) is 2.18. The molecule has 3 rings (SSSR count). The lowest BCUT2D eigenvalue weighted by Gasteiger charge is -2.14. The molecule has 31 heavy (non-hydrogen) atoms. The molecule has 2 unspecified atom stereocenters. The Labute approximate surface area is 202 Å². The van der Waals surface area contributed by atoms with Gasteiger partial charge in [0.15, 0.2) is 0 Å². The molecule has 0 bridgehead atoms. The largest absolute Gasteiger partial charge is 0.494 e. The normalized spacial score (nSPS) is 17.3. The first-order valence-electron chi connectivity index (χ1n) is 10.5. The Balaban J connectivity index is 0.00000240. The van der Waals surface area contributed by atoms with Crippen molar-refractivity contribution in [3.8, 4) is 5.75 Å². The standard InChI is InChI=1S/C23H31N3O2S.2ClH/c1-2-3-4-5-6-14-28-20-11-9-18(10-12-20)15-25-22(27)21-17-29-23(26-21)19-8-7-13-24-16-19;;/h7-13,16,21,23,26H,2-6,14-15,17H2,1H3,(H,25,27);2*1H. The van der Waals surface area contributed by atoms with Gasteiger partial charge in [-0.2, -0.15) is 0 Å². The molecule has 0 radical (unpaired) electrons. The molecule has 2 aromatic rings. The van der Waals surface area contributed by atoms with Crippen LogP contribution in [0.25, 0.3) is 0 Å². The van der Waals surface area contributed by atoms with E-state index in [1.807, 2.05) is 42.6 Å². The van der Waals surface area contributed by atoms with Crippen molar-refractivity contribution >= 4 is 42.5 Å². The molecular weight excluding hydrogens is 453 g/mol. The SMILES string of the molecule is CCCCCCCOc1ccc(CNC(=O)C2CSC(c3cccnc3)N2)cc1.Cl.Cl. The second kappa shape index (κ2) is 15.4. The van der Waals surface area contributed by atoms with Crippen LogP contribution in [0.5, 0.6) is 5.75 Å². The number of hydrogen-bond donors (Lipinski definition) is 2. The van der Waals surface area contributed by atoms with Gasteiger partial charge < -0.3 is 10.1 Å². The molecule has 0 aliphatic carbocycles. The zero-order chi connectivity index (χ0) is 20.3. The smallest absolute Gasteiger partial charge is 0.238 e. The molecule has 0 spiro atoms. The van der Waals surface area contributed by atoms with Gasteiger partial charge in [-0.05, 0) is 35.7 Å². The minimum Gasteiger partial charge on any atom is -0.494 e. The van der Waals surface area contributed by atoms with E-state index in [2.05, 4.69) is 22.5 Å². The van der Waals surface area contributed by atoms with E-state index in [1.54, 1.807) is 18.0 Å². The number of amides is 1. The van der Waals surface area contributed by atoms with Gasteiger partial charge in [0, 0.05) is 24.7 Å². The van der Waals surface area contributed by atoms with Crippen LogP contribution in [0.4, 0.5) is 0 Å². The Bertz CT molecular complexity index is 750. The fraction of sp³-hybridized carbons (Fsp3) is 0.478. The highest BCUT2D eigenvalue weighted by atomic mass is 35.5. The first kappa shape index (κ1) is 27.6. The average Bonchev–Trinajstić information content (AvgIpc) is 3.26. The zero-order valence-corrected chi connectivity index (χ0v) is 20.4. The maximum Gasteiger partial charge on any atom is 0.238 e. The van der Waals surface area contributed by atoms with Crippen LogP contribution in [-0.4, -0.2) is 29.3 Å². The molecule has 1 aromatic heterocycles. The minimum absolute atomic E-state index is 0. The highest BCUT2D eigenvalue weighted by Gasteiger charge is 2.30. The first-order chi connectivity index (χ1) is 14.3. The highest BCUT2D eigenvalue weighted by Crippen LogP contribution is 2.32. The van der Waals surface area contributed by atoms with Gasteiger partial charge in [-0.3, -0.25) is 15.1 Å². The number of nitrogens with zero attached hydrogens (tertiary/aromatic N) is 1. The van der Waals surface area contributed by atoms with Crippen molar-refractivity contribution in [3.63, 3.8) is 0 Å². The number of carbonyl (C=O) groups is 1. The Morgan fingerprint density at radius 3 is 2.65 bits per heavy atom. The van der Waals surface area contributed by atoms with E-state index in [9.17, 15) is 4.79 Å². The number of carbonyl (C=O) groups excluding carboxylic acids is 1. The van der Waals surface area contributed by atoms with Crippen LogP contribution in [0, 0.1) is 0 Å². The van der Waals surface area contributed by atoms with Crippen LogP contribution in [-0.2, 0) is 11.3 Å². The molecule has 1 saturated heterocycles. The first-order valence-corrected chi connectivity index (χ1v) is 11.6. The summed E-state index contributed by atoms with van der Waals surface area (Å²) in [7, 11) is 0. The van der Waals surface area contributed by atoms with Crippen molar-refractivity contribution in [3.05, 3.63) is 59.9 Å². The number of hydrogen-bond acceptors (Lipinski definition) is 5. The molecule has 1 aliphatic heterocycles. The Hall–Kier alpha value is -1.47. The monoisotopic (exact) mass is 485 g/mol. The van der Waals surface area contributed by atoms with Crippen molar-refractivity contribution in [2.45, 2.75) is 57.0 Å². The van der Waals surface area contributed by atoms with Crippen molar-refractivity contribution in [1.29, 1.82) is 0 Å². The van der Waals surface area contributed by atoms with Crippen LogP contribution in [0.2, 0.25) is 0 Å². The Kier molecular flexibility index (Phi) is 13.7. The van der Waals surface area contributed by atoms with Crippen molar-refractivity contribution in [1.82, 2.24) is 15.6 Å². The maximum atomic E-state index is 12.5. The van der Waals surface area contributed by atoms with Crippen molar-refractivity contribution < 1.29 is 9.53 Å². The summed E-state index contributed by atoms with van der Waals surface area (Å²) in [6.07, 6.45) is 9.80. The minimum atomic E-state index is -0.180. The Morgan fingerprint density at radius 1 is 1.16 bits per heavy atom. The lowest BCUT2D eigenvalue weighted by atomic mass is 10.2. The molecule has 1 amide bonds. The second-order valence-electron chi connectivity index (χ2n) is 7.34. The summed E-state index contributed by atoms with van der Waals surface area (Å²) in [6.45, 7) is 3.52. The number of ether oxygens (including phenoxy) is 1. The fourth-order valence-corrected chi connectivity index (χ4v) is 4.48. The van der Waals surface area contributed by atoms with Crippen LogP contribution in [0.15, 0.2) is 48.8 Å². The van der Waals surface area contributed by atoms with Crippen LogP contribution in [0.3, 0.4) is 0 Å². The van der Waals surface area contributed by atoms with Crippen LogP contribution >= 0.6 is 36.6 Å². The van der Waals surface area contributed by atoms with Gasteiger partial charge in [0.05, 0.1) is 18.0 Å². The van der Waals surface area contributed by atoms with Crippen LogP contribution < -0.4 is 15.4 Å². The summed E-state index contributed by atoms with van der Waals surface area (Å²) >= 11 is 1.74. The molecule has 2 atom stereocenters. The summed E-state index contributed by atoms with van der Waals surface area (Å²) in [5.74, 6) is 1.69. The number of benzene rings is 1. The molecule has 5 nitrogen and oxygen atoms in total. The van der Waals surface area contributed by atoms with E-state index in [0.717, 1.165) is 35.7 Å². The van der Waals surface area contributed by atoms with Crippen LogP contribution in [0.1, 0.15) is 55.5 Å². The number of rotatable bonds is 11. The number of thioether (sulfide) groups is 1. The van der Waals surface area contributed by atoms with E-state index < -0.39 is 0 Å². The highest BCUT2D eigenvalue weighted by molar-refractivity contribution is 7.99. The number of aromatic nitrogens is 1. The van der Waals surface area contributed by atoms with Crippen molar-refractivity contribution in [2.24, 2.45) is 0 Å². The molecule has 0 saturated carbocycles. The number of nitrogens with one attached hydrogen (secondary N) is 2. The third-order valence-electron chi connectivity index (χ3n) is 4.99. The number of unbranched alkanes of at least 4 members (excludes halogenated alkanes) is 4. The third-order valence-corrected chi connectivity index (χ3v) is 6.26. The zero-order valence-electron chi connectivity index (χ0n) is 17.9. The predicted molar refractivity (Wildman–Crippen MR) is 133 cm³/mol. The molecule has 8 heteroatoms. The lowest BCUT2D eigenvalue weighted by Crippen LogP contribution is -2.42. The number of pyridine rings is 1. The van der Waals surface area contributed by atoms with Gasteiger partial charge in [0.2, 0.25) is 5.91 Å². The van der Waals surface area contributed by atoms with Gasteiger partial charge in [-0.25, -0.2) is 0 Å². The van der Waals surface area contributed by atoms with E-state index in [1.165, 1.54) is 25.7 Å². The van der Waals surface area contributed by atoms with Gasteiger partial charge in [-0.1, -0.05) is 50.8 Å². The van der Waals surface area contributed by atoms with E-state index >= 15 is 0 Å². The topological polar surface area (TPSA) is 63.2 Å². The molecule has 1 aliphatic rings. The summed E-state index contributed by atoms with van der Waals surface area (Å²) in [4.78, 5) is 16.6. The molecule has 1 fully saturated rings. The molecule has 172 valence electrons. The lowest BCUT2D eigenvalue weighted by molar-refractivity contribution is -0.122. The van der Waals surface area contributed by atoms with Gasteiger partial charge in [-0.15, -0.1) is 36.6 Å². The van der Waals surface area contributed by atoms with Gasteiger partial charge in [0.25, 0.3) is 0 Å². The van der Waals surface area contributed by atoms with Crippen molar-refractivity contribution in [2.75, 3.05) is 12.4 Å². The maximum absolute atomic E-state index is 12.5. The van der Waals surface area contributed by atoms with E-state index in [-0.39, 0.29) is 42.1 Å². The summed E-state index contributed by atoms with van der Waals surface area (Å²) in [5, 5.41) is 6.54. The third kappa shape index (κ3) is 9.27. The molecular formula is C23H33Cl2N3O2S.